The first-order valence-corrected chi connectivity index (χ1v) is 7.82. The Morgan fingerprint density at radius 3 is 2.61 bits per heavy atom. The van der Waals surface area contributed by atoms with Crippen molar-refractivity contribution in [2.24, 2.45) is 5.73 Å². The van der Waals surface area contributed by atoms with Gasteiger partial charge < -0.3 is 20.3 Å². The molecule has 0 aliphatic carbocycles. The fourth-order valence-electron chi connectivity index (χ4n) is 2.00. The number of methoxy groups -OCH3 is 1. The Kier molecular flexibility index (Phi) is 5.87. The van der Waals surface area contributed by atoms with Crippen molar-refractivity contribution < 1.29 is 19.4 Å². The van der Waals surface area contributed by atoms with Crippen LogP contribution >= 0.6 is 27.5 Å². The van der Waals surface area contributed by atoms with Gasteiger partial charge in [0.2, 0.25) is 0 Å². The molecule has 0 aliphatic heterocycles. The Labute approximate surface area is 147 Å². The van der Waals surface area contributed by atoms with E-state index >= 15 is 0 Å². The SMILES string of the molecule is COc1ccc([C@H](N)C(=O)O)cc1COc1ccc(Cl)cc1Br. The van der Waals surface area contributed by atoms with Gasteiger partial charge in [0.15, 0.2) is 0 Å². The molecule has 2 aromatic carbocycles. The number of nitrogens with two attached hydrogens (primary N) is 1. The van der Waals surface area contributed by atoms with Gasteiger partial charge >= 0.3 is 5.97 Å². The second-order valence-corrected chi connectivity index (χ2v) is 6.04. The fraction of sp³-hybridized carbons (Fsp3) is 0.188. The van der Waals surface area contributed by atoms with Crippen molar-refractivity contribution >= 4 is 33.5 Å². The van der Waals surface area contributed by atoms with Crippen LogP contribution in [0.3, 0.4) is 0 Å². The third kappa shape index (κ3) is 4.37. The summed E-state index contributed by atoms with van der Waals surface area (Å²) < 4.78 is 11.7. The van der Waals surface area contributed by atoms with Gasteiger partial charge in [-0.05, 0) is 51.8 Å². The lowest BCUT2D eigenvalue weighted by Crippen LogP contribution is -2.20. The van der Waals surface area contributed by atoms with Crippen molar-refractivity contribution in [2.45, 2.75) is 12.6 Å². The van der Waals surface area contributed by atoms with Crippen molar-refractivity contribution in [3.8, 4) is 11.5 Å². The van der Waals surface area contributed by atoms with Crippen LogP contribution in [0.1, 0.15) is 17.2 Å². The molecule has 0 bridgehead atoms. The number of rotatable bonds is 6. The zero-order chi connectivity index (χ0) is 17.0. The summed E-state index contributed by atoms with van der Waals surface area (Å²) in [6.07, 6.45) is 0. The molecule has 0 saturated carbocycles. The highest BCUT2D eigenvalue weighted by molar-refractivity contribution is 9.10. The van der Waals surface area contributed by atoms with E-state index in [0.717, 1.165) is 4.47 Å². The maximum absolute atomic E-state index is 11.0. The highest BCUT2D eigenvalue weighted by Crippen LogP contribution is 2.30. The molecule has 0 spiro atoms. The van der Waals surface area contributed by atoms with Crippen LogP contribution in [0.15, 0.2) is 40.9 Å². The van der Waals surface area contributed by atoms with Crippen molar-refractivity contribution in [3.05, 3.63) is 57.0 Å². The minimum absolute atomic E-state index is 0.198. The molecule has 2 aromatic rings. The van der Waals surface area contributed by atoms with Crippen LogP contribution in [-0.4, -0.2) is 18.2 Å². The minimum Gasteiger partial charge on any atom is -0.496 e. The predicted molar refractivity (Wildman–Crippen MR) is 91.0 cm³/mol. The Morgan fingerprint density at radius 1 is 1.30 bits per heavy atom. The highest BCUT2D eigenvalue weighted by Gasteiger charge is 2.16. The molecule has 0 aromatic heterocycles. The molecule has 0 fully saturated rings. The zero-order valence-corrected chi connectivity index (χ0v) is 14.6. The van der Waals surface area contributed by atoms with Gasteiger partial charge in [0, 0.05) is 10.6 Å². The number of ether oxygens (including phenoxy) is 2. The maximum atomic E-state index is 11.0. The van der Waals surface area contributed by atoms with Crippen LogP contribution in [-0.2, 0) is 11.4 Å². The first-order valence-electron chi connectivity index (χ1n) is 6.65. The summed E-state index contributed by atoms with van der Waals surface area (Å²) in [5.74, 6) is 0.114. The number of carbonyl (C=O) groups is 1. The van der Waals surface area contributed by atoms with Crippen LogP contribution in [0.25, 0.3) is 0 Å². The molecule has 7 heteroatoms. The van der Waals surface area contributed by atoms with E-state index in [-0.39, 0.29) is 6.61 Å². The molecule has 23 heavy (non-hydrogen) atoms. The van der Waals surface area contributed by atoms with E-state index in [9.17, 15) is 4.79 Å². The first kappa shape index (κ1) is 17.6. The lowest BCUT2D eigenvalue weighted by atomic mass is 10.0. The van der Waals surface area contributed by atoms with E-state index in [1.165, 1.54) is 7.11 Å². The first-order chi connectivity index (χ1) is 10.9. The van der Waals surface area contributed by atoms with E-state index in [1.807, 2.05) is 0 Å². The highest BCUT2D eigenvalue weighted by atomic mass is 79.9. The van der Waals surface area contributed by atoms with Gasteiger partial charge in [-0.15, -0.1) is 0 Å². The molecule has 5 nitrogen and oxygen atoms in total. The van der Waals surface area contributed by atoms with E-state index in [4.69, 9.17) is 31.9 Å². The molecule has 0 radical (unpaired) electrons. The Morgan fingerprint density at radius 2 is 2.00 bits per heavy atom. The van der Waals surface area contributed by atoms with Crippen LogP contribution in [0.2, 0.25) is 5.02 Å². The molecular weight excluding hydrogens is 386 g/mol. The molecule has 0 amide bonds. The van der Waals surface area contributed by atoms with Crippen LogP contribution in [0, 0.1) is 0 Å². The average Bonchev–Trinajstić information content (AvgIpc) is 2.53. The molecule has 2 rings (SSSR count). The summed E-state index contributed by atoms with van der Waals surface area (Å²) in [4.78, 5) is 11.0. The van der Waals surface area contributed by atoms with Gasteiger partial charge in [0.05, 0.1) is 11.6 Å². The van der Waals surface area contributed by atoms with Gasteiger partial charge in [0.25, 0.3) is 0 Å². The van der Waals surface area contributed by atoms with Gasteiger partial charge in [0.1, 0.15) is 24.1 Å². The number of hydrogen-bond donors (Lipinski definition) is 2. The van der Waals surface area contributed by atoms with Crippen molar-refractivity contribution in [3.63, 3.8) is 0 Å². The van der Waals surface area contributed by atoms with Crippen LogP contribution in [0.4, 0.5) is 0 Å². The van der Waals surface area contributed by atoms with Crippen molar-refractivity contribution in [1.82, 2.24) is 0 Å². The molecular formula is C16H15BrClNO4. The molecule has 0 unspecified atom stereocenters. The predicted octanol–water partition coefficient (Wildman–Crippen LogP) is 3.77. The topological polar surface area (TPSA) is 81.8 Å². The molecule has 0 aliphatic rings. The number of carboxylic acid groups (broad SMARTS) is 1. The summed E-state index contributed by atoms with van der Waals surface area (Å²) in [5, 5.41) is 9.61. The number of carboxylic acids is 1. The molecule has 3 N–H and O–H groups in total. The van der Waals surface area contributed by atoms with Crippen LogP contribution < -0.4 is 15.2 Å². The normalized spacial score (nSPS) is 11.8. The average molecular weight is 401 g/mol. The quantitative estimate of drug-likeness (QED) is 0.771. The lowest BCUT2D eigenvalue weighted by molar-refractivity contribution is -0.138. The van der Waals surface area contributed by atoms with Gasteiger partial charge in [-0.25, -0.2) is 0 Å². The standard InChI is InChI=1S/C16H15BrClNO4/c1-22-13-4-2-9(15(19)16(20)21)6-10(13)8-23-14-5-3-11(18)7-12(14)17/h2-7,15H,8,19H2,1H3,(H,20,21)/t15-/m0/s1. The fourth-order valence-corrected chi connectivity index (χ4v) is 2.79. The minimum atomic E-state index is -1.10. The summed E-state index contributed by atoms with van der Waals surface area (Å²) in [7, 11) is 1.54. The second kappa shape index (κ2) is 7.68. The molecule has 122 valence electrons. The summed E-state index contributed by atoms with van der Waals surface area (Å²) in [6.45, 7) is 0.198. The van der Waals surface area contributed by atoms with Crippen molar-refractivity contribution in [1.29, 1.82) is 0 Å². The smallest absolute Gasteiger partial charge is 0.325 e. The Hall–Kier alpha value is -1.76. The lowest BCUT2D eigenvalue weighted by Gasteiger charge is -2.14. The Balaban J connectivity index is 2.23. The van der Waals surface area contributed by atoms with Gasteiger partial charge in [-0.3, -0.25) is 4.79 Å². The number of hydrogen-bond acceptors (Lipinski definition) is 4. The maximum Gasteiger partial charge on any atom is 0.325 e. The van der Waals surface area contributed by atoms with Crippen LogP contribution in [0.5, 0.6) is 11.5 Å². The number of aliphatic carboxylic acids is 1. The summed E-state index contributed by atoms with van der Waals surface area (Å²) >= 11 is 9.27. The van der Waals surface area contributed by atoms with Gasteiger partial charge in [-0.2, -0.15) is 0 Å². The zero-order valence-electron chi connectivity index (χ0n) is 12.3. The molecule has 0 heterocycles. The van der Waals surface area contributed by atoms with E-state index in [2.05, 4.69) is 15.9 Å². The third-order valence-corrected chi connectivity index (χ3v) is 4.06. The Bertz CT molecular complexity index is 723. The number of benzene rings is 2. The third-order valence-electron chi connectivity index (χ3n) is 3.21. The van der Waals surface area contributed by atoms with E-state index in [1.54, 1.807) is 36.4 Å². The van der Waals surface area contributed by atoms with Gasteiger partial charge in [-0.1, -0.05) is 17.7 Å². The van der Waals surface area contributed by atoms with E-state index in [0.29, 0.717) is 27.6 Å². The second-order valence-electron chi connectivity index (χ2n) is 4.75. The molecule has 1 atom stereocenters. The summed E-state index contributed by atoms with van der Waals surface area (Å²) in [5.41, 5.74) is 6.82. The van der Waals surface area contributed by atoms with Crippen molar-refractivity contribution in [2.75, 3.05) is 7.11 Å². The monoisotopic (exact) mass is 399 g/mol. The summed E-state index contributed by atoms with van der Waals surface area (Å²) in [6, 6.07) is 9.06. The number of halogens is 2. The van der Waals surface area contributed by atoms with E-state index < -0.39 is 12.0 Å². The largest absolute Gasteiger partial charge is 0.496 e. The molecule has 0 saturated heterocycles.